The number of nitrogens with one attached hydrogen (secondary N) is 2. The van der Waals surface area contributed by atoms with E-state index in [-0.39, 0.29) is 19.0 Å². The average Bonchev–Trinajstić information content (AvgIpc) is 3.12. The summed E-state index contributed by atoms with van der Waals surface area (Å²) in [6.45, 7) is 3.86. The van der Waals surface area contributed by atoms with Gasteiger partial charge < -0.3 is 15.0 Å². The Balaban J connectivity index is 1.76. The molecule has 0 aliphatic heterocycles. The molecule has 0 bridgehead atoms. The molecule has 0 aliphatic carbocycles. The van der Waals surface area contributed by atoms with Crippen LogP contribution in [0.25, 0.3) is 5.65 Å². The predicted octanol–water partition coefficient (Wildman–Crippen LogP) is 3.16. The number of nitrogens with zero attached hydrogens (tertiary/aromatic N) is 3. The van der Waals surface area contributed by atoms with Crippen LogP contribution in [0.5, 0.6) is 0 Å². The van der Waals surface area contributed by atoms with E-state index in [2.05, 4.69) is 27.2 Å². The lowest BCUT2D eigenvalue weighted by Gasteiger charge is -2.11. The highest BCUT2D eigenvalue weighted by Crippen LogP contribution is 2.29. The molecule has 9 heteroatoms. The summed E-state index contributed by atoms with van der Waals surface area (Å²) in [7, 11) is 0. The Morgan fingerprint density at radius 2 is 1.96 bits per heavy atom. The van der Waals surface area contributed by atoms with Crippen molar-refractivity contribution in [1.29, 1.82) is 0 Å². The van der Waals surface area contributed by atoms with Gasteiger partial charge in [-0.3, -0.25) is 4.79 Å². The minimum atomic E-state index is -4.36. The van der Waals surface area contributed by atoms with Gasteiger partial charge in [-0.05, 0) is 23.8 Å². The van der Waals surface area contributed by atoms with E-state index in [9.17, 15) is 18.0 Å². The van der Waals surface area contributed by atoms with Gasteiger partial charge in [0.1, 0.15) is 0 Å². The van der Waals surface area contributed by atoms with Crippen LogP contribution in [-0.4, -0.2) is 20.3 Å². The number of imidazole rings is 1. The Labute approximate surface area is 152 Å². The van der Waals surface area contributed by atoms with Crippen LogP contribution in [0.15, 0.2) is 55.5 Å². The molecular formula is C18H16F3N5O. The van der Waals surface area contributed by atoms with E-state index in [1.807, 2.05) is 0 Å². The second-order valence-corrected chi connectivity index (χ2v) is 5.71. The minimum Gasteiger partial charge on any atom is -0.363 e. The van der Waals surface area contributed by atoms with Crippen LogP contribution < -0.4 is 10.6 Å². The number of carbonyl (C=O) groups excluding carboxylic acids is 1. The first-order chi connectivity index (χ1) is 12.9. The standard InChI is InChI=1S/C18H16F3N5O/c1-2-15(27)23-10-14-11-26-8-7-22-17(26)16(25-14)24-9-12-3-5-13(6-4-12)18(19,20)21/h2-8,11H,1,9-10H2,(H,23,27)(H,24,25). The monoisotopic (exact) mass is 375 g/mol. The fraction of sp³-hybridized carbons (Fsp3) is 0.167. The lowest BCUT2D eigenvalue weighted by Crippen LogP contribution is -2.21. The van der Waals surface area contributed by atoms with Gasteiger partial charge in [0.25, 0.3) is 0 Å². The molecule has 1 amide bonds. The van der Waals surface area contributed by atoms with E-state index in [1.54, 1.807) is 23.0 Å². The number of hydrogen-bond acceptors (Lipinski definition) is 4. The quantitative estimate of drug-likeness (QED) is 0.650. The maximum Gasteiger partial charge on any atom is 0.416 e. The molecule has 0 spiro atoms. The summed E-state index contributed by atoms with van der Waals surface area (Å²) in [4.78, 5) is 20.0. The molecule has 0 radical (unpaired) electrons. The first-order valence-electron chi connectivity index (χ1n) is 7.99. The van der Waals surface area contributed by atoms with Crippen LogP contribution in [-0.2, 0) is 24.1 Å². The Hall–Kier alpha value is -3.36. The fourth-order valence-electron chi connectivity index (χ4n) is 2.43. The van der Waals surface area contributed by atoms with Crippen molar-refractivity contribution in [3.63, 3.8) is 0 Å². The lowest BCUT2D eigenvalue weighted by molar-refractivity contribution is -0.137. The molecule has 6 nitrogen and oxygen atoms in total. The molecule has 0 unspecified atom stereocenters. The smallest absolute Gasteiger partial charge is 0.363 e. The molecule has 140 valence electrons. The zero-order chi connectivity index (χ0) is 19.4. The molecule has 1 aromatic carbocycles. The summed E-state index contributed by atoms with van der Waals surface area (Å²) in [6, 6.07) is 4.90. The number of fused-ring (bicyclic) bond motifs is 1. The number of rotatable bonds is 6. The summed E-state index contributed by atoms with van der Waals surface area (Å²) in [5.41, 5.74) is 1.13. The van der Waals surface area contributed by atoms with E-state index in [1.165, 1.54) is 18.2 Å². The van der Waals surface area contributed by atoms with Crippen molar-refractivity contribution >= 4 is 17.4 Å². The van der Waals surface area contributed by atoms with Gasteiger partial charge in [-0.2, -0.15) is 13.2 Å². The van der Waals surface area contributed by atoms with Crippen LogP contribution in [0.3, 0.4) is 0 Å². The summed E-state index contributed by atoms with van der Waals surface area (Å²) in [6.07, 6.45) is 1.87. The van der Waals surface area contributed by atoms with Gasteiger partial charge in [-0.25, -0.2) is 9.97 Å². The Bertz CT molecular complexity index is 963. The van der Waals surface area contributed by atoms with Crippen LogP contribution in [0, 0.1) is 0 Å². The second-order valence-electron chi connectivity index (χ2n) is 5.71. The first-order valence-corrected chi connectivity index (χ1v) is 7.99. The zero-order valence-electron chi connectivity index (χ0n) is 14.1. The number of amides is 1. The molecule has 2 heterocycles. The van der Waals surface area contributed by atoms with Gasteiger partial charge in [0.2, 0.25) is 5.91 Å². The highest BCUT2D eigenvalue weighted by Gasteiger charge is 2.29. The second kappa shape index (κ2) is 7.48. The number of carbonyl (C=O) groups is 1. The normalized spacial score (nSPS) is 11.4. The third-order valence-corrected chi connectivity index (χ3v) is 3.79. The molecule has 27 heavy (non-hydrogen) atoms. The van der Waals surface area contributed by atoms with Crippen LogP contribution >= 0.6 is 0 Å². The zero-order valence-corrected chi connectivity index (χ0v) is 14.1. The number of anilines is 1. The number of benzene rings is 1. The molecule has 3 aromatic rings. The number of halogens is 3. The Morgan fingerprint density at radius 1 is 1.22 bits per heavy atom. The third kappa shape index (κ3) is 4.43. The van der Waals surface area contributed by atoms with E-state index in [0.29, 0.717) is 22.7 Å². The van der Waals surface area contributed by atoms with Crippen LogP contribution in [0.2, 0.25) is 0 Å². The lowest BCUT2D eigenvalue weighted by atomic mass is 10.1. The van der Waals surface area contributed by atoms with Gasteiger partial charge in [0.15, 0.2) is 11.5 Å². The largest absolute Gasteiger partial charge is 0.416 e. The molecule has 0 saturated carbocycles. The maximum absolute atomic E-state index is 12.6. The number of hydrogen-bond donors (Lipinski definition) is 2. The van der Waals surface area contributed by atoms with Gasteiger partial charge in [0, 0.05) is 25.1 Å². The molecule has 0 atom stereocenters. The Kier molecular flexibility index (Phi) is 5.11. The third-order valence-electron chi connectivity index (χ3n) is 3.79. The SMILES string of the molecule is C=CC(=O)NCc1cn2ccnc2c(NCc2ccc(C(F)(F)F)cc2)n1. The van der Waals surface area contributed by atoms with E-state index >= 15 is 0 Å². The first kappa shape index (κ1) is 18.4. The van der Waals surface area contributed by atoms with Crippen molar-refractivity contribution in [2.75, 3.05) is 5.32 Å². The highest BCUT2D eigenvalue weighted by molar-refractivity contribution is 5.86. The average molecular weight is 375 g/mol. The van der Waals surface area contributed by atoms with E-state index < -0.39 is 11.7 Å². The van der Waals surface area contributed by atoms with Gasteiger partial charge in [-0.15, -0.1) is 0 Å². The fourth-order valence-corrected chi connectivity index (χ4v) is 2.43. The van der Waals surface area contributed by atoms with Crippen molar-refractivity contribution in [2.24, 2.45) is 0 Å². The topological polar surface area (TPSA) is 71.3 Å². The predicted molar refractivity (Wildman–Crippen MR) is 93.8 cm³/mol. The molecule has 0 fully saturated rings. The molecule has 3 rings (SSSR count). The number of aromatic nitrogens is 3. The van der Waals surface area contributed by atoms with Crippen molar-refractivity contribution < 1.29 is 18.0 Å². The summed E-state index contributed by atoms with van der Waals surface area (Å²) < 4.78 is 39.7. The highest BCUT2D eigenvalue weighted by atomic mass is 19.4. The van der Waals surface area contributed by atoms with E-state index in [4.69, 9.17) is 0 Å². The van der Waals surface area contributed by atoms with Crippen molar-refractivity contribution in [1.82, 2.24) is 19.7 Å². The molecule has 0 aliphatic rings. The van der Waals surface area contributed by atoms with Gasteiger partial charge in [0.05, 0.1) is 17.8 Å². The van der Waals surface area contributed by atoms with Crippen molar-refractivity contribution in [2.45, 2.75) is 19.3 Å². The minimum absolute atomic E-state index is 0.202. The number of alkyl halides is 3. The van der Waals surface area contributed by atoms with Crippen molar-refractivity contribution in [3.8, 4) is 0 Å². The summed E-state index contributed by atoms with van der Waals surface area (Å²) >= 11 is 0. The Morgan fingerprint density at radius 3 is 2.63 bits per heavy atom. The molecule has 2 N–H and O–H groups in total. The van der Waals surface area contributed by atoms with Gasteiger partial charge in [-0.1, -0.05) is 18.7 Å². The summed E-state index contributed by atoms with van der Waals surface area (Å²) in [5.74, 6) is 0.145. The maximum atomic E-state index is 12.6. The molecular weight excluding hydrogens is 359 g/mol. The van der Waals surface area contributed by atoms with Crippen LogP contribution in [0.1, 0.15) is 16.8 Å². The van der Waals surface area contributed by atoms with Crippen LogP contribution in [0.4, 0.5) is 19.0 Å². The van der Waals surface area contributed by atoms with E-state index in [0.717, 1.165) is 12.1 Å². The summed E-state index contributed by atoms with van der Waals surface area (Å²) in [5, 5.41) is 5.72. The van der Waals surface area contributed by atoms with Gasteiger partial charge >= 0.3 is 6.18 Å². The molecule has 0 saturated heterocycles. The molecule has 2 aromatic heterocycles. The van der Waals surface area contributed by atoms with Crippen molar-refractivity contribution in [3.05, 3.63) is 72.3 Å².